The molecule has 0 spiro atoms. The van der Waals surface area contributed by atoms with Crippen LogP contribution in [0.5, 0.6) is 0 Å². The van der Waals surface area contributed by atoms with Crippen molar-refractivity contribution in [2.75, 3.05) is 11.7 Å². The van der Waals surface area contributed by atoms with Crippen molar-refractivity contribution in [3.63, 3.8) is 0 Å². The molecule has 2 aromatic heterocycles. The maximum absolute atomic E-state index is 4.19. The standard InChI is InChI=1S/C11H14N4S/c1-8-4-5-9(2)15(8)14-10-6-11(16-3)13-7-12-10/h4-7H,1-3H3,(H,12,13,14). The van der Waals surface area contributed by atoms with E-state index in [1.54, 1.807) is 18.1 Å². The molecule has 0 radical (unpaired) electrons. The van der Waals surface area contributed by atoms with Gasteiger partial charge in [0.25, 0.3) is 0 Å². The third-order valence-corrected chi connectivity index (χ3v) is 2.99. The molecule has 4 nitrogen and oxygen atoms in total. The number of nitrogens with one attached hydrogen (secondary N) is 1. The first-order valence-electron chi connectivity index (χ1n) is 4.98. The van der Waals surface area contributed by atoms with Gasteiger partial charge in [-0.2, -0.15) is 0 Å². The number of aromatic nitrogens is 3. The van der Waals surface area contributed by atoms with Gasteiger partial charge in [0.1, 0.15) is 17.2 Å². The molecular formula is C11H14N4S. The van der Waals surface area contributed by atoms with Crippen LogP contribution in [0.2, 0.25) is 0 Å². The Morgan fingerprint density at radius 2 is 1.88 bits per heavy atom. The Morgan fingerprint density at radius 3 is 2.50 bits per heavy atom. The monoisotopic (exact) mass is 234 g/mol. The highest BCUT2D eigenvalue weighted by atomic mass is 32.2. The predicted molar refractivity (Wildman–Crippen MR) is 66.7 cm³/mol. The summed E-state index contributed by atoms with van der Waals surface area (Å²) in [6.45, 7) is 4.10. The van der Waals surface area contributed by atoms with Crippen molar-refractivity contribution in [1.29, 1.82) is 0 Å². The van der Waals surface area contributed by atoms with Crippen molar-refractivity contribution in [2.45, 2.75) is 18.9 Å². The van der Waals surface area contributed by atoms with E-state index >= 15 is 0 Å². The van der Waals surface area contributed by atoms with E-state index in [2.05, 4.69) is 41.4 Å². The van der Waals surface area contributed by atoms with E-state index in [1.807, 2.05) is 17.0 Å². The molecule has 5 heteroatoms. The van der Waals surface area contributed by atoms with E-state index in [4.69, 9.17) is 0 Å². The number of hydrogen-bond acceptors (Lipinski definition) is 4. The summed E-state index contributed by atoms with van der Waals surface area (Å²) in [5.41, 5.74) is 5.56. The zero-order chi connectivity index (χ0) is 11.5. The lowest BCUT2D eigenvalue weighted by atomic mass is 10.5. The molecule has 0 bridgehead atoms. The van der Waals surface area contributed by atoms with Crippen molar-refractivity contribution in [3.8, 4) is 0 Å². The summed E-state index contributed by atoms with van der Waals surface area (Å²) in [5.74, 6) is 0.807. The summed E-state index contributed by atoms with van der Waals surface area (Å²) < 4.78 is 2.01. The topological polar surface area (TPSA) is 42.7 Å². The van der Waals surface area contributed by atoms with E-state index in [0.717, 1.165) is 22.2 Å². The van der Waals surface area contributed by atoms with E-state index in [0.29, 0.717) is 0 Å². The first-order valence-corrected chi connectivity index (χ1v) is 6.21. The summed E-state index contributed by atoms with van der Waals surface area (Å²) in [4.78, 5) is 8.32. The molecule has 2 heterocycles. The average Bonchev–Trinajstić information content (AvgIpc) is 2.61. The van der Waals surface area contributed by atoms with Crippen LogP contribution in [0.4, 0.5) is 5.82 Å². The van der Waals surface area contributed by atoms with Crippen LogP contribution < -0.4 is 5.43 Å². The van der Waals surface area contributed by atoms with Gasteiger partial charge in [-0.3, -0.25) is 10.1 Å². The van der Waals surface area contributed by atoms with Crippen molar-refractivity contribution in [1.82, 2.24) is 14.6 Å². The minimum Gasteiger partial charge on any atom is -0.277 e. The zero-order valence-electron chi connectivity index (χ0n) is 9.56. The third-order valence-electron chi connectivity index (χ3n) is 2.35. The highest BCUT2D eigenvalue weighted by Gasteiger charge is 2.02. The minimum atomic E-state index is 0.807. The van der Waals surface area contributed by atoms with Gasteiger partial charge in [-0.1, -0.05) is 0 Å². The van der Waals surface area contributed by atoms with Crippen LogP contribution in [0.15, 0.2) is 29.6 Å². The summed E-state index contributed by atoms with van der Waals surface area (Å²) in [6.07, 6.45) is 3.57. The average molecular weight is 234 g/mol. The van der Waals surface area contributed by atoms with E-state index in [9.17, 15) is 0 Å². The van der Waals surface area contributed by atoms with E-state index in [-0.39, 0.29) is 0 Å². The molecule has 2 rings (SSSR count). The first kappa shape index (κ1) is 11.0. The van der Waals surface area contributed by atoms with Crippen LogP contribution in [-0.4, -0.2) is 20.9 Å². The number of hydrogen-bond donors (Lipinski definition) is 1. The molecule has 0 unspecified atom stereocenters. The molecule has 0 aliphatic heterocycles. The molecular weight excluding hydrogens is 220 g/mol. The Kier molecular flexibility index (Phi) is 3.14. The number of rotatable bonds is 3. The summed E-state index contributed by atoms with van der Waals surface area (Å²) in [7, 11) is 0. The molecule has 16 heavy (non-hydrogen) atoms. The van der Waals surface area contributed by atoms with E-state index < -0.39 is 0 Å². The molecule has 0 aliphatic rings. The first-order chi connectivity index (χ1) is 7.70. The molecule has 2 aromatic rings. The zero-order valence-corrected chi connectivity index (χ0v) is 10.4. The summed E-state index contributed by atoms with van der Waals surface area (Å²) >= 11 is 1.60. The predicted octanol–water partition coefficient (Wildman–Crippen LogP) is 2.49. The van der Waals surface area contributed by atoms with Gasteiger partial charge in [0.15, 0.2) is 0 Å². The molecule has 0 saturated heterocycles. The third kappa shape index (κ3) is 2.19. The highest BCUT2D eigenvalue weighted by molar-refractivity contribution is 7.98. The van der Waals surface area contributed by atoms with Crippen LogP contribution in [0.3, 0.4) is 0 Å². The molecule has 0 saturated carbocycles. The lowest BCUT2D eigenvalue weighted by molar-refractivity contribution is 0.862. The van der Waals surface area contributed by atoms with Crippen molar-refractivity contribution < 1.29 is 0 Å². The maximum Gasteiger partial charge on any atom is 0.149 e. The summed E-state index contributed by atoms with van der Waals surface area (Å²) in [5, 5.41) is 0.958. The molecule has 84 valence electrons. The largest absolute Gasteiger partial charge is 0.277 e. The van der Waals surface area contributed by atoms with Gasteiger partial charge in [-0.25, -0.2) is 9.97 Å². The fourth-order valence-electron chi connectivity index (χ4n) is 1.47. The van der Waals surface area contributed by atoms with Crippen LogP contribution in [0.1, 0.15) is 11.4 Å². The molecule has 0 fully saturated rings. The lowest BCUT2D eigenvalue weighted by Crippen LogP contribution is -2.13. The molecule has 1 N–H and O–H groups in total. The maximum atomic E-state index is 4.19. The molecule has 0 atom stereocenters. The quantitative estimate of drug-likeness (QED) is 0.654. The number of aryl methyl sites for hydroxylation is 2. The number of thioether (sulfide) groups is 1. The Hall–Kier alpha value is -1.49. The van der Waals surface area contributed by atoms with Crippen LogP contribution in [-0.2, 0) is 0 Å². The van der Waals surface area contributed by atoms with Crippen molar-refractivity contribution in [2.24, 2.45) is 0 Å². The second-order valence-corrected chi connectivity index (χ2v) is 4.34. The second kappa shape index (κ2) is 4.57. The fourth-order valence-corrected chi connectivity index (χ4v) is 1.85. The normalized spacial score (nSPS) is 10.4. The molecule has 0 amide bonds. The van der Waals surface area contributed by atoms with Gasteiger partial charge in [0.2, 0.25) is 0 Å². The molecule has 0 aromatic carbocycles. The van der Waals surface area contributed by atoms with Crippen LogP contribution >= 0.6 is 11.8 Å². The summed E-state index contributed by atoms with van der Waals surface area (Å²) in [6, 6.07) is 6.07. The second-order valence-electron chi connectivity index (χ2n) is 3.51. The molecule has 0 aliphatic carbocycles. The fraction of sp³-hybridized carbons (Fsp3) is 0.273. The van der Waals surface area contributed by atoms with Gasteiger partial charge in [0, 0.05) is 17.5 Å². The smallest absolute Gasteiger partial charge is 0.149 e. The lowest BCUT2D eigenvalue weighted by Gasteiger charge is -2.11. The van der Waals surface area contributed by atoms with Gasteiger partial charge in [-0.15, -0.1) is 11.8 Å². The SMILES string of the molecule is CSc1cc(Nn2c(C)ccc2C)ncn1. The highest BCUT2D eigenvalue weighted by Crippen LogP contribution is 2.15. The van der Waals surface area contributed by atoms with Gasteiger partial charge < -0.3 is 0 Å². The van der Waals surface area contributed by atoms with E-state index in [1.165, 1.54) is 0 Å². The Labute approximate surface area is 99.1 Å². The van der Waals surface area contributed by atoms with Crippen LogP contribution in [0, 0.1) is 13.8 Å². The van der Waals surface area contributed by atoms with Gasteiger partial charge >= 0.3 is 0 Å². The van der Waals surface area contributed by atoms with Crippen molar-refractivity contribution in [3.05, 3.63) is 35.9 Å². The van der Waals surface area contributed by atoms with Crippen molar-refractivity contribution >= 4 is 17.6 Å². The minimum absolute atomic E-state index is 0.807. The Bertz CT molecular complexity index is 473. The Balaban J connectivity index is 2.27. The Morgan fingerprint density at radius 1 is 1.19 bits per heavy atom. The van der Waals surface area contributed by atoms with Crippen LogP contribution in [0.25, 0.3) is 0 Å². The number of anilines is 1. The number of nitrogens with zero attached hydrogens (tertiary/aromatic N) is 3. The van der Waals surface area contributed by atoms with Gasteiger partial charge in [0.05, 0.1) is 0 Å². The van der Waals surface area contributed by atoms with Gasteiger partial charge in [-0.05, 0) is 32.2 Å².